The van der Waals surface area contributed by atoms with E-state index in [1.165, 1.54) is 6.07 Å². The number of nitrogens with zero attached hydrogens (tertiary/aromatic N) is 1. The van der Waals surface area contributed by atoms with E-state index in [-0.39, 0.29) is 11.9 Å². The highest BCUT2D eigenvalue weighted by Crippen LogP contribution is 2.28. The van der Waals surface area contributed by atoms with Crippen molar-refractivity contribution in [3.05, 3.63) is 29.6 Å². The SMILES string of the molecule is CCNC(CCN(C)C)c1cc(F)ccc1OC. The van der Waals surface area contributed by atoms with Crippen LogP contribution in [-0.4, -0.2) is 39.2 Å². The Kier molecular flexibility index (Phi) is 6.09. The second kappa shape index (κ2) is 7.34. The number of hydrogen-bond donors (Lipinski definition) is 1. The van der Waals surface area contributed by atoms with E-state index in [0.29, 0.717) is 0 Å². The molecule has 3 nitrogen and oxygen atoms in total. The Hall–Kier alpha value is -1.13. The molecule has 1 N–H and O–H groups in total. The van der Waals surface area contributed by atoms with Gasteiger partial charge in [-0.25, -0.2) is 4.39 Å². The van der Waals surface area contributed by atoms with Crippen molar-refractivity contribution in [2.24, 2.45) is 0 Å². The molecule has 0 saturated heterocycles. The van der Waals surface area contributed by atoms with Gasteiger partial charge in [-0.15, -0.1) is 0 Å². The lowest BCUT2D eigenvalue weighted by Crippen LogP contribution is -2.26. The summed E-state index contributed by atoms with van der Waals surface area (Å²) in [7, 11) is 5.68. The Morgan fingerprint density at radius 1 is 1.39 bits per heavy atom. The number of methoxy groups -OCH3 is 1. The molecule has 102 valence electrons. The molecule has 4 heteroatoms. The van der Waals surface area contributed by atoms with Crippen molar-refractivity contribution in [3.8, 4) is 5.75 Å². The third-order valence-electron chi connectivity index (χ3n) is 2.88. The Morgan fingerprint density at radius 2 is 2.11 bits per heavy atom. The summed E-state index contributed by atoms with van der Waals surface area (Å²) in [4.78, 5) is 2.12. The molecule has 0 saturated carbocycles. The van der Waals surface area contributed by atoms with Crippen LogP contribution in [0.5, 0.6) is 5.75 Å². The fraction of sp³-hybridized carbons (Fsp3) is 0.571. The Balaban J connectivity index is 2.92. The lowest BCUT2D eigenvalue weighted by molar-refractivity contribution is 0.351. The zero-order chi connectivity index (χ0) is 13.5. The molecule has 0 amide bonds. The lowest BCUT2D eigenvalue weighted by atomic mass is 10.0. The largest absolute Gasteiger partial charge is 0.496 e. The minimum Gasteiger partial charge on any atom is -0.496 e. The first-order valence-corrected chi connectivity index (χ1v) is 6.30. The number of nitrogens with one attached hydrogen (secondary N) is 1. The normalized spacial score (nSPS) is 12.8. The van der Waals surface area contributed by atoms with Gasteiger partial charge in [0.05, 0.1) is 7.11 Å². The van der Waals surface area contributed by atoms with Crippen molar-refractivity contribution in [1.29, 1.82) is 0 Å². The summed E-state index contributed by atoms with van der Waals surface area (Å²) >= 11 is 0. The van der Waals surface area contributed by atoms with Crippen LogP contribution in [0.3, 0.4) is 0 Å². The van der Waals surface area contributed by atoms with Gasteiger partial charge in [-0.2, -0.15) is 0 Å². The summed E-state index contributed by atoms with van der Waals surface area (Å²) in [6.45, 7) is 3.84. The molecule has 0 aromatic heterocycles. The summed E-state index contributed by atoms with van der Waals surface area (Å²) in [5, 5.41) is 3.38. The van der Waals surface area contributed by atoms with Crippen molar-refractivity contribution < 1.29 is 9.13 Å². The van der Waals surface area contributed by atoms with Crippen LogP contribution < -0.4 is 10.1 Å². The van der Waals surface area contributed by atoms with Gasteiger partial charge in [0.25, 0.3) is 0 Å². The minimum atomic E-state index is -0.224. The second-order valence-electron chi connectivity index (χ2n) is 4.59. The van der Waals surface area contributed by atoms with Crippen LogP contribution >= 0.6 is 0 Å². The Labute approximate surface area is 109 Å². The Morgan fingerprint density at radius 3 is 2.67 bits per heavy atom. The first-order chi connectivity index (χ1) is 8.58. The molecule has 0 spiro atoms. The summed E-state index contributed by atoms with van der Waals surface area (Å²) in [5.41, 5.74) is 0.890. The molecule has 18 heavy (non-hydrogen) atoms. The predicted molar refractivity (Wildman–Crippen MR) is 72.5 cm³/mol. The van der Waals surface area contributed by atoms with Gasteiger partial charge in [-0.3, -0.25) is 0 Å². The topological polar surface area (TPSA) is 24.5 Å². The molecule has 0 aliphatic rings. The van der Waals surface area contributed by atoms with Gasteiger partial charge in [-0.1, -0.05) is 6.92 Å². The minimum absolute atomic E-state index is 0.114. The third kappa shape index (κ3) is 4.27. The summed E-state index contributed by atoms with van der Waals surface area (Å²) in [5.74, 6) is 0.514. The van der Waals surface area contributed by atoms with Crippen LogP contribution in [0.15, 0.2) is 18.2 Å². The molecule has 0 heterocycles. The molecule has 1 rings (SSSR count). The van der Waals surface area contributed by atoms with Crippen LogP contribution in [0.4, 0.5) is 4.39 Å². The third-order valence-corrected chi connectivity index (χ3v) is 2.88. The van der Waals surface area contributed by atoms with Crippen molar-refractivity contribution in [1.82, 2.24) is 10.2 Å². The van der Waals surface area contributed by atoms with E-state index in [4.69, 9.17) is 4.74 Å². The summed E-state index contributed by atoms with van der Waals surface area (Å²) in [6.07, 6.45) is 0.917. The maximum absolute atomic E-state index is 13.4. The number of ether oxygens (including phenoxy) is 1. The van der Waals surface area contributed by atoms with Gasteiger partial charge < -0.3 is 15.0 Å². The fourth-order valence-electron chi connectivity index (χ4n) is 1.98. The number of rotatable bonds is 7. The molecule has 1 aromatic rings. The second-order valence-corrected chi connectivity index (χ2v) is 4.59. The fourth-order valence-corrected chi connectivity index (χ4v) is 1.98. The standard InChI is InChI=1S/C14H23FN2O/c1-5-16-13(8-9-17(2)3)12-10-11(15)6-7-14(12)18-4/h6-7,10,13,16H,5,8-9H2,1-4H3. The van der Waals surface area contributed by atoms with Crippen molar-refractivity contribution in [3.63, 3.8) is 0 Å². The summed E-state index contributed by atoms with van der Waals surface area (Å²) < 4.78 is 18.7. The maximum atomic E-state index is 13.4. The van der Waals surface area contributed by atoms with Gasteiger partial charge in [0.2, 0.25) is 0 Å². The maximum Gasteiger partial charge on any atom is 0.123 e. The van der Waals surface area contributed by atoms with E-state index in [2.05, 4.69) is 17.1 Å². The Bertz CT molecular complexity index is 369. The van der Waals surface area contributed by atoms with E-state index in [1.807, 2.05) is 14.1 Å². The molecule has 0 fully saturated rings. The van der Waals surface area contributed by atoms with E-state index in [9.17, 15) is 4.39 Å². The van der Waals surface area contributed by atoms with E-state index < -0.39 is 0 Å². The molecular weight excluding hydrogens is 231 g/mol. The zero-order valence-electron chi connectivity index (χ0n) is 11.7. The van der Waals surface area contributed by atoms with Gasteiger partial charge in [0.1, 0.15) is 11.6 Å². The van der Waals surface area contributed by atoms with Crippen LogP contribution in [0, 0.1) is 5.82 Å². The lowest BCUT2D eigenvalue weighted by Gasteiger charge is -2.22. The average molecular weight is 254 g/mol. The van der Waals surface area contributed by atoms with Gasteiger partial charge in [0.15, 0.2) is 0 Å². The van der Waals surface area contributed by atoms with Gasteiger partial charge >= 0.3 is 0 Å². The zero-order valence-corrected chi connectivity index (χ0v) is 11.7. The highest BCUT2D eigenvalue weighted by molar-refractivity contribution is 5.36. The summed E-state index contributed by atoms with van der Waals surface area (Å²) in [6, 6.07) is 4.78. The highest BCUT2D eigenvalue weighted by atomic mass is 19.1. The van der Waals surface area contributed by atoms with E-state index in [0.717, 1.165) is 30.8 Å². The highest BCUT2D eigenvalue weighted by Gasteiger charge is 2.16. The van der Waals surface area contributed by atoms with E-state index >= 15 is 0 Å². The molecule has 0 aliphatic carbocycles. The van der Waals surface area contributed by atoms with Crippen molar-refractivity contribution >= 4 is 0 Å². The molecule has 1 aromatic carbocycles. The number of halogens is 1. The van der Waals surface area contributed by atoms with Crippen LogP contribution in [0.2, 0.25) is 0 Å². The monoisotopic (exact) mass is 254 g/mol. The van der Waals surface area contributed by atoms with Gasteiger partial charge in [0, 0.05) is 11.6 Å². The molecule has 0 bridgehead atoms. The first kappa shape index (κ1) is 14.9. The quantitative estimate of drug-likeness (QED) is 0.809. The molecule has 0 radical (unpaired) electrons. The van der Waals surface area contributed by atoms with E-state index in [1.54, 1.807) is 19.2 Å². The first-order valence-electron chi connectivity index (χ1n) is 6.30. The van der Waals surface area contributed by atoms with Crippen molar-refractivity contribution in [2.45, 2.75) is 19.4 Å². The van der Waals surface area contributed by atoms with Crippen LogP contribution in [0.1, 0.15) is 24.9 Å². The molecular formula is C14H23FN2O. The van der Waals surface area contributed by atoms with Crippen LogP contribution in [0.25, 0.3) is 0 Å². The van der Waals surface area contributed by atoms with Crippen LogP contribution in [-0.2, 0) is 0 Å². The predicted octanol–water partition coefficient (Wildman–Crippen LogP) is 2.44. The molecule has 0 aliphatic heterocycles. The molecule has 1 unspecified atom stereocenters. The molecule has 1 atom stereocenters. The van der Waals surface area contributed by atoms with Crippen molar-refractivity contribution in [2.75, 3.05) is 34.3 Å². The number of hydrogen-bond acceptors (Lipinski definition) is 3. The number of benzene rings is 1. The van der Waals surface area contributed by atoms with Gasteiger partial charge in [-0.05, 0) is 51.8 Å². The average Bonchev–Trinajstić information content (AvgIpc) is 2.34. The smallest absolute Gasteiger partial charge is 0.123 e.